The Balaban J connectivity index is 2.78. The lowest BCUT2D eigenvalue weighted by atomic mass is 10.2. The van der Waals surface area contributed by atoms with Crippen molar-refractivity contribution in [2.75, 3.05) is 0 Å². The number of aliphatic hydroxyl groups excluding tert-OH is 1. The van der Waals surface area contributed by atoms with Gasteiger partial charge in [-0.1, -0.05) is 6.07 Å². The molecule has 0 aliphatic rings. The summed E-state index contributed by atoms with van der Waals surface area (Å²) in [6.07, 6.45) is 0. The average Bonchev–Trinajstić information content (AvgIpc) is 2.52. The number of nitrogens with one attached hydrogen (secondary N) is 1. The predicted octanol–water partition coefficient (Wildman–Crippen LogP) is 1.40. The average molecular weight is 206 g/mol. The second-order valence-corrected chi connectivity index (χ2v) is 3.90. The number of H-pyrrole nitrogens is 1. The van der Waals surface area contributed by atoms with E-state index in [4.69, 9.17) is 5.11 Å². The number of benzene rings is 1. The fraction of sp³-hybridized carbons (Fsp3) is 0.364. The van der Waals surface area contributed by atoms with Crippen LogP contribution in [0.4, 0.5) is 0 Å². The van der Waals surface area contributed by atoms with Crippen molar-refractivity contribution in [3.05, 3.63) is 34.2 Å². The number of nitrogens with zero attached hydrogens (tertiary/aromatic N) is 1. The molecular weight excluding hydrogens is 192 g/mol. The van der Waals surface area contributed by atoms with Gasteiger partial charge in [0.1, 0.15) is 0 Å². The van der Waals surface area contributed by atoms with Crippen LogP contribution in [0.1, 0.15) is 25.5 Å². The van der Waals surface area contributed by atoms with Gasteiger partial charge in [0.15, 0.2) is 0 Å². The molecule has 0 aliphatic carbocycles. The second-order valence-electron chi connectivity index (χ2n) is 3.90. The lowest BCUT2D eigenvalue weighted by Crippen LogP contribution is -2.18. The summed E-state index contributed by atoms with van der Waals surface area (Å²) < 4.78 is 1.69. The van der Waals surface area contributed by atoms with E-state index in [1.165, 1.54) is 0 Å². The summed E-state index contributed by atoms with van der Waals surface area (Å²) in [7, 11) is 0. The van der Waals surface area contributed by atoms with E-state index < -0.39 is 0 Å². The summed E-state index contributed by atoms with van der Waals surface area (Å²) in [5, 5.41) is 9.04. The number of hydrogen-bond donors (Lipinski definition) is 2. The van der Waals surface area contributed by atoms with Crippen molar-refractivity contribution in [3.63, 3.8) is 0 Å². The number of aliphatic hydroxyl groups is 1. The molecule has 4 nitrogen and oxygen atoms in total. The quantitative estimate of drug-likeness (QED) is 0.780. The second kappa shape index (κ2) is 3.55. The highest BCUT2D eigenvalue weighted by Gasteiger charge is 2.09. The van der Waals surface area contributed by atoms with Gasteiger partial charge < -0.3 is 10.1 Å². The first-order valence-corrected chi connectivity index (χ1v) is 4.97. The Kier molecular flexibility index (Phi) is 2.36. The molecule has 0 saturated heterocycles. The van der Waals surface area contributed by atoms with E-state index in [2.05, 4.69) is 4.98 Å². The molecule has 80 valence electrons. The Labute approximate surface area is 87.2 Å². The largest absolute Gasteiger partial charge is 0.392 e. The van der Waals surface area contributed by atoms with E-state index in [9.17, 15) is 4.79 Å². The molecule has 1 aromatic carbocycles. The van der Waals surface area contributed by atoms with E-state index in [0.29, 0.717) is 0 Å². The summed E-state index contributed by atoms with van der Waals surface area (Å²) in [6, 6.07) is 5.58. The van der Waals surface area contributed by atoms with Gasteiger partial charge >= 0.3 is 5.69 Å². The van der Waals surface area contributed by atoms with E-state index in [0.717, 1.165) is 16.6 Å². The molecule has 2 rings (SSSR count). The molecule has 0 atom stereocenters. The fourth-order valence-electron chi connectivity index (χ4n) is 1.78. The summed E-state index contributed by atoms with van der Waals surface area (Å²) >= 11 is 0. The van der Waals surface area contributed by atoms with Crippen molar-refractivity contribution in [2.24, 2.45) is 0 Å². The minimum absolute atomic E-state index is 0.00654. The minimum atomic E-state index is -0.102. The Morgan fingerprint density at radius 2 is 2.20 bits per heavy atom. The van der Waals surface area contributed by atoms with Gasteiger partial charge in [-0.05, 0) is 31.5 Å². The lowest BCUT2D eigenvalue weighted by molar-refractivity contribution is 0.282. The number of rotatable bonds is 2. The van der Waals surface area contributed by atoms with Crippen LogP contribution in [0.25, 0.3) is 11.0 Å². The van der Waals surface area contributed by atoms with Crippen molar-refractivity contribution in [1.29, 1.82) is 0 Å². The first-order valence-electron chi connectivity index (χ1n) is 4.97. The highest BCUT2D eigenvalue weighted by molar-refractivity contribution is 5.76. The molecule has 0 aliphatic heterocycles. The van der Waals surface area contributed by atoms with Crippen LogP contribution in [0.3, 0.4) is 0 Å². The van der Waals surface area contributed by atoms with E-state index >= 15 is 0 Å². The first-order chi connectivity index (χ1) is 7.13. The van der Waals surface area contributed by atoms with Gasteiger partial charge in [0.2, 0.25) is 0 Å². The highest BCUT2D eigenvalue weighted by atomic mass is 16.3. The zero-order valence-corrected chi connectivity index (χ0v) is 8.82. The summed E-state index contributed by atoms with van der Waals surface area (Å²) in [5.41, 5.74) is 2.37. The van der Waals surface area contributed by atoms with Gasteiger partial charge in [0, 0.05) is 6.04 Å². The Hall–Kier alpha value is -1.55. The molecule has 0 unspecified atom stereocenters. The van der Waals surface area contributed by atoms with Crippen LogP contribution in [-0.4, -0.2) is 14.7 Å². The van der Waals surface area contributed by atoms with Crippen molar-refractivity contribution < 1.29 is 5.11 Å². The lowest BCUT2D eigenvalue weighted by Gasteiger charge is -2.07. The van der Waals surface area contributed by atoms with Crippen LogP contribution in [0.15, 0.2) is 23.0 Å². The summed E-state index contributed by atoms with van der Waals surface area (Å²) in [4.78, 5) is 14.4. The maximum atomic E-state index is 11.6. The standard InChI is InChI=1S/C11H14N2O2/c1-7(2)13-10-5-8(6-14)3-4-9(10)12-11(13)15/h3-5,7,14H,6H2,1-2H3,(H,12,15). The molecule has 0 spiro atoms. The maximum absolute atomic E-state index is 11.6. The van der Waals surface area contributed by atoms with Gasteiger partial charge in [0.25, 0.3) is 0 Å². The van der Waals surface area contributed by atoms with Gasteiger partial charge in [-0.15, -0.1) is 0 Å². The minimum Gasteiger partial charge on any atom is -0.392 e. The summed E-state index contributed by atoms with van der Waals surface area (Å²) in [6.45, 7) is 3.91. The number of aromatic nitrogens is 2. The molecular formula is C11H14N2O2. The van der Waals surface area contributed by atoms with Crippen LogP contribution in [-0.2, 0) is 6.61 Å². The van der Waals surface area contributed by atoms with Gasteiger partial charge in [0.05, 0.1) is 17.6 Å². The molecule has 2 aromatic rings. The zero-order valence-electron chi connectivity index (χ0n) is 8.82. The smallest absolute Gasteiger partial charge is 0.326 e. The molecule has 0 radical (unpaired) electrons. The Bertz CT molecular complexity index is 537. The summed E-state index contributed by atoms with van der Waals surface area (Å²) in [5.74, 6) is 0. The molecule has 0 saturated carbocycles. The Morgan fingerprint density at radius 3 is 2.80 bits per heavy atom. The van der Waals surface area contributed by atoms with Gasteiger partial charge in [-0.3, -0.25) is 4.57 Å². The molecule has 1 aromatic heterocycles. The molecule has 1 heterocycles. The highest BCUT2D eigenvalue weighted by Crippen LogP contribution is 2.16. The van der Waals surface area contributed by atoms with Crippen molar-refractivity contribution in [1.82, 2.24) is 9.55 Å². The van der Waals surface area contributed by atoms with Gasteiger partial charge in [-0.25, -0.2) is 4.79 Å². The molecule has 4 heteroatoms. The number of hydrogen-bond acceptors (Lipinski definition) is 2. The monoisotopic (exact) mass is 206 g/mol. The molecule has 15 heavy (non-hydrogen) atoms. The third-order valence-electron chi connectivity index (χ3n) is 2.48. The fourth-order valence-corrected chi connectivity index (χ4v) is 1.78. The van der Waals surface area contributed by atoms with Crippen LogP contribution >= 0.6 is 0 Å². The van der Waals surface area contributed by atoms with Crippen LogP contribution in [0, 0.1) is 0 Å². The zero-order chi connectivity index (χ0) is 11.0. The first kappa shape index (κ1) is 9.98. The maximum Gasteiger partial charge on any atom is 0.326 e. The van der Waals surface area contributed by atoms with Crippen LogP contribution in [0.5, 0.6) is 0 Å². The van der Waals surface area contributed by atoms with E-state index in [-0.39, 0.29) is 18.3 Å². The topological polar surface area (TPSA) is 58.0 Å². The van der Waals surface area contributed by atoms with Crippen molar-refractivity contribution in [3.8, 4) is 0 Å². The molecule has 0 bridgehead atoms. The SMILES string of the molecule is CC(C)n1c(=O)[nH]c2ccc(CO)cc21. The molecule has 2 N–H and O–H groups in total. The Morgan fingerprint density at radius 1 is 1.47 bits per heavy atom. The predicted molar refractivity (Wildman–Crippen MR) is 58.9 cm³/mol. The van der Waals surface area contributed by atoms with Crippen molar-refractivity contribution >= 4 is 11.0 Å². The number of aromatic amines is 1. The third kappa shape index (κ3) is 1.57. The number of fused-ring (bicyclic) bond motifs is 1. The van der Waals surface area contributed by atoms with Gasteiger partial charge in [-0.2, -0.15) is 0 Å². The van der Waals surface area contributed by atoms with E-state index in [1.807, 2.05) is 32.0 Å². The third-order valence-corrected chi connectivity index (χ3v) is 2.48. The van der Waals surface area contributed by atoms with Crippen LogP contribution in [0.2, 0.25) is 0 Å². The van der Waals surface area contributed by atoms with Crippen LogP contribution < -0.4 is 5.69 Å². The normalized spacial score (nSPS) is 11.5. The van der Waals surface area contributed by atoms with Crippen molar-refractivity contribution in [2.45, 2.75) is 26.5 Å². The van der Waals surface area contributed by atoms with E-state index in [1.54, 1.807) is 4.57 Å². The molecule has 0 fully saturated rings. The number of imidazole rings is 1. The molecule has 0 amide bonds.